The van der Waals surface area contributed by atoms with Crippen LogP contribution in [0, 0.1) is 0 Å². The Labute approximate surface area is 258 Å². The Morgan fingerprint density at radius 2 is 0.857 bits per heavy atom. The Morgan fingerprint density at radius 3 is 1.19 bits per heavy atom. The molecule has 0 fully saturated rings. The molecule has 0 aromatic heterocycles. The molecule has 0 saturated heterocycles. The van der Waals surface area contributed by atoms with Crippen LogP contribution < -0.4 is 20.7 Å². The van der Waals surface area contributed by atoms with Crippen LogP contribution in [0.25, 0.3) is 0 Å². The normalized spacial score (nSPS) is 12.2. The fraction of sp³-hybridized carbons (Fsp3) is 0.0625. The third-order valence-corrected chi connectivity index (χ3v) is 12.1. The molecule has 5 aromatic rings. The Hall–Kier alpha value is -3.02. The van der Waals surface area contributed by atoms with E-state index in [4.69, 9.17) is 39.5 Å². The van der Waals surface area contributed by atoms with Gasteiger partial charge < -0.3 is 22.0 Å². The average Bonchev–Trinajstić information content (AvgIpc) is 2.97. The highest BCUT2D eigenvalue weighted by Gasteiger charge is 2.54. The van der Waals surface area contributed by atoms with Gasteiger partial charge in [-0.3, -0.25) is 0 Å². The molecule has 0 heterocycles. The molecule has 1 unspecified atom stereocenters. The van der Waals surface area contributed by atoms with Crippen LogP contribution in [0.5, 0.6) is 5.75 Å². The van der Waals surface area contributed by atoms with Gasteiger partial charge in [-0.25, -0.2) is 0 Å². The van der Waals surface area contributed by atoms with Crippen molar-refractivity contribution in [3.63, 3.8) is 0 Å². The fourth-order valence-electron chi connectivity index (χ4n) is 4.98. The summed E-state index contributed by atoms with van der Waals surface area (Å²) < 4.78 is 44.5. The lowest BCUT2D eigenvalue weighted by molar-refractivity contribution is 0.368. The highest BCUT2D eigenvalue weighted by Crippen LogP contribution is 2.69. The molecule has 42 heavy (non-hydrogen) atoms. The van der Waals surface area contributed by atoms with Gasteiger partial charge in [0.1, 0.15) is 34.6 Å². The summed E-state index contributed by atoms with van der Waals surface area (Å²) in [6, 6.07) is 44.0. The summed E-state index contributed by atoms with van der Waals surface area (Å²) in [6.07, 6.45) is 0. The van der Waals surface area contributed by atoms with Crippen molar-refractivity contribution in [1.82, 2.24) is 0 Å². The largest absolute Gasteiger partial charge is 0.673 e. The van der Waals surface area contributed by atoms with Gasteiger partial charge in [-0.05, 0) is 96.1 Å². The van der Waals surface area contributed by atoms with Crippen LogP contribution >= 0.6 is 42.1 Å². The molecule has 0 saturated carbocycles. The summed E-state index contributed by atoms with van der Waals surface area (Å²) in [5.74, 6) is 0.823. The van der Waals surface area contributed by atoms with Crippen LogP contribution in [0.4, 0.5) is 17.3 Å². The zero-order chi connectivity index (χ0) is 30.3. The van der Waals surface area contributed by atoms with Crippen molar-refractivity contribution in [1.29, 1.82) is 0 Å². The molecule has 0 aliphatic heterocycles. The highest BCUT2D eigenvalue weighted by molar-refractivity contribution is 7.96. The van der Waals surface area contributed by atoms with E-state index in [0.29, 0.717) is 15.1 Å². The SMILES string of the molecule is COc1ccc(C(c2ccccc2)[P+](c2ccc(Cl)cc2)(c2ccc(Cl)cc2)c2ccc(Cl)cc2)cc1.F[B-](F)(F)F. The van der Waals surface area contributed by atoms with Gasteiger partial charge in [0, 0.05) is 15.1 Å². The Bertz CT molecular complexity index is 1450. The predicted octanol–water partition coefficient (Wildman–Crippen LogP) is 10.0. The standard InChI is InChI=1S/C32H25Cl3OP.BF4/c1-36-28-15-7-24(8-16-28)32(23-5-3-2-4-6-23)37(29-17-9-25(33)10-18-29,30-19-11-26(34)12-20-30)31-21-13-27(35)14-22-31;2-1(3,4)5/h2-22,32H,1H3;/q+1;-1. The van der Waals surface area contributed by atoms with E-state index in [1.165, 1.54) is 27.0 Å². The molecule has 216 valence electrons. The van der Waals surface area contributed by atoms with E-state index in [1.807, 2.05) is 48.5 Å². The molecular formula is C32H25BCl3F4OP. The minimum atomic E-state index is -6.00. The van der Waals surface area contributed by atoms with Crippen molar-refractivity contribution in [3.8, 4) is 5.75 Å². The summed E-state index contributed by atoms with van der Waals surface area (Å²) in [4.78, 5) is 0. The molecule has 0 aliphatic carbocycles. The molecule has 5 rings (SSSR count). The van der Waals surface area contributed by atoms with E-state index in [2.05, 4.69) is 78.9 Å². The quantitative estimate of drug-likeness (QED) is 0.0969. The summed E-state index contributed by atoms with van der Waals surface area (Å²) in [7, 11) is -6.72. The first-order valence-electron chi connectivity index (χ1n) is 12.8. The van der Waals surface area contributed by atoms with Crippen molar-refractivity contribution in [2.24, 2.45) is 0 Å². The second-order valence-corrected chi connectivity index (χ2v) is 14.1. The van der Waals surface area contributed by atoms with Gasteiger partial charge in [0.15, 0.2) is 0 Å². The molecule has 1 atom stereocenters. The molecule has 0 aliphatic rings. The molecule has 1 nitrogen and oxygen atoms in total. The molecule has 5 aromatic carbocycles. The van der Waals surface area contributed by atoms with Crippen LogP contribution in [0.3, 0.4) is 0 Å². The van der Waals surface area contributed by atoms with E-state index in [1.54, 1.807) is 7.11 Å². The van der Waals surface area contributed by atoms with Gasteiger partial charge in [-0.1, -0.05) is 77.3 Å². The lowest BCUT2D eigenvalue weighted by atomic mass is 10.0. The van der Waals surface area contributed by atoms with Crippen molar-refractivity contribution in [2.45, 2.75) is 5.66 Å². The van der Waals surface area contributed by atoms with E-state index >= 15 is 0 Å². The zero-order valence-electron chi connectivity index (χ0n) is 22.3. The van der Waals surface area contributed by atoms with Gasteiger partial charge >= 0.3 is 7.25 Å². The van der Waals surface area contributed by atoms with Crippen molar-refractivity contribution in [3.05, 3.63) is 154 Å². The topological polar surface area (TPSA) is 9.23 Å². The van der Waals surface area contributed by atoms with Gasteiger partial charge in [0.05, 0.1) is 7.11 Å². The number of hydrogen-bond acceptors (Lipinski definition) is 1. The highest BCUT2D eigenvalue weighted by atomic mass is 35.5. The lowest BCUT2D eigenvalue weighted by Gasteiger charge is -2.35. The van der Waals surface area contributed by atoms with Gasteiger partial charge in [0.2, 0.25) is 0 Å². The minimum absolute atomic E-state index is 0.00290. The third kappa shape index (κ3) is 7.68. The van der Waals surface area contributed by atoms with Gasteiger partial charge in [-0.15, -0.1) is 0 Å². The maximum absolute atomic E-state index is 9.75. The maximum atomic E-state index is 9.75. The maximum Gasteiger partial charge on any atom is 0.673 e. The predicted molar refractivity (Wildman–Crippen MR) is 172 cm³/mol. The van der Waals surface area contributed by atoms with E-state index in [9.17, 15) is 17.3 Å². The molecule has 0 amide bonds. The molecular weight excluding hydrogens is 624 g/mol. The number of ether oxygens (including phenoxy) is 1. The average molecular weight is 650 g/mol. The van der Waals surface area contributed by atoms with E-state index in [-0.39, 0.29) is 5.66 Å². The molecule has 0 spiro atoms. The Balaban J connectivity index is 0.000000748. The summed E-state index contributed by atoms with van der Waals surface area (Å²) >= 11 is 19.2. The summed E-state index contributed by atoms with van der Waals surface area (Å²) in [5.41, 5.74) is 2.42. The van der Waals surface area contributed by atoms with Crippen molar-refractivity contribution < 1.29 is 22.0 Å². The first kappa shape index (κ1) is 31.9. The van der Waals surface area contributed by atoms with Crippen LogP contribution in [0.1, 0.15) is 16.8 Å². The zero-order valence-corrected chi connectivity index (χ0v) is 25.4. The fourth-order valence-corrected chi connectivity index (χ4v) is 10.2. The van der Waals surface area contributed by atoms with Crippen molar-refractivity contribution >= 4 is 65.2 Å². The molecule has 10 heteroatoms. The molecule has 0 N–H and O–H groups in total. The molecule has 0 bridgehead atoms. The Kier molecular flexibility index (Phi) is 10.6. The third-order valence-electron chi connectivity index (χ3n) is 6.64. The second-order valence-electron chi connectivity index (χ2n) is 9.23. The first-order valence-corrected chi connectivity index (χ1v) is 15.7. The van der Waals surface area contributed by atoms with Crippen LogP contribution in [0.15, 0.2) is 127 Å². The van der Waals surface area contributed by atoms with Gasteiger partial charge in [0.25, 0.3) is 0 Å². The van der Waals surface area contributed by atoms with Gasteiger partial charge in [-0.2, -0.15) is 0 Å². The van der Waals surface area contributed by atoms with Crippen molar-refractivity contribution in [2.75, 3.05) is 7.11 Å². The van der Waals surface area contributed by atoms with Crippen LogP contribution in [-0.2, 0) is 0 Å². The Morgan fingerprint density at radius 1 is 0.524 bits per heavy atom. The second kappa shape index (κ2) is 14.0. The lowest BCUT2D eigenvalue weighted by Crippen LogP contribution is -2.35. The summed E-state index contributed by atoms with van der Waals surface area (Å²) in [6.45, 7) is 0. The number of rotatable bonds is 7. The first-order chi connectivity index (χ1) is 20.0. The van der Waals surface area contributed by atoms with E-state index < -0.39 is 14.5 Å². The smallest absolute Gasteiger partial charge is 0.497 e. The number of methoxy groups -OCH3 is 1. The number of halogens is 7. The number of benzene rings is 5. The van der Waals surface area contributed by atoms with E-state index in [0.717, 1.165) is 5.75 Å². The van der Waals surface area contributed by atoms with Crippen LogP contribution in [-0.4, -0.2) is 14.4 Å². The summed E-state index contributed by atoms with van der Waals surface area (Å²) in [5, 5.41) is 5.75. The molecule has 0 radical (unpaired) electrons. The van der Waals surface area contributed by atoms with Crippen LogP contribution in [0.2, 0.25) is 15.1 Å². The minimum Gasteiger partial charge on any atom is -0.497 e. The number of hydrogen-bond donors (Lipinski definition) is 0. The monoisotopic (exact) mass is 648 g/mol.